The van der Waals surface area contributed by atoms with Gasteiger partial charge in [0.1, 0.15) is 11.5 Å². The third-order valence-corrected chi connectivity index (χ3v) is 5.58. The van der Waals surface area contributed by atoms with Crippen LogP contribution >= 0.6 is 0 Å². The molecule has 0 saturated heterocycles. The monoisotopic (exact) mass is 492 g/mol. The molecule has 190 valence electrons. The van der Waals surface area contributed by atoms with Crippen molar-refractivity contribution in [1.29, 1.82) is 0 Å². The first-order valence-corrected chi connectivity index (χ1v) is 11.7. The molecule has 1 atom stereocenters. The maximum Gasteiger partial charge on any atom is 0.265 e. The van der Waals surface area contributed by atoms with E-state index in [0.29, 0.717) is 53.6 Å². The SMILES string of the molecule is CC[C@@H](Oc1ccc(OC)cc1)C(=O)Nc1ccccc1C(=O)NCCc1ccc(OC)c(OC)c1. The van der Waals surface area contributed by atoms with Gasteiger partial charge in [0.2, 0.25) is 0 Å². The molecule has 2 N–H and O–H groups in total. The van der Waals surface area contributed by atoms with Crippen LogP contribution in [0.15, 0.2) is 66.7 Å². The maximum absolute atomic E-state index is 12.9. The number of hydrogen-bond acceptors (Lipinski definition) is 6. The van der Waals surface area contributed by atoms with Crippen molar-refractivity contribution in [3.63, 3.8) is 0 Å². The minimum absolute atomic E-state index is 0.282. The molecule has 0 aliphatic heterocycles. The van der Waals surface area contributed by atoms with E-state index in [4.69, 9.17) is 18.9 Å². The minimum Gasteiger partial charge on any atom is -0.497 e. The van der Waals surface area contributed by atoms with E-state index in [9.17, 15) is 9.59 Å². The normalized spacial score (nSPS) is 11.2. The molecule has 0 unspecified atom stereocenters. The van der Waals surface area contributed by atoms with Crippen LogP contribution in [0.2, 0.25) is 0 Å². The third kappa shape index (κ3) is 6.91. The maximum atomic E-state index is 12.9. The van der Waals surface area contributed by atoms with Crippen molar-refractivity contribution in [3.8, 4) is 23.0 Å². The van der Waals surface area contributed by atoms with Crippen LogP contribution in [-0.4, -0.2) is 45.8 Å². The second-order valence-electron chi connectivity index (χ2n) is 7.92. The van der Waals surface area contributed by atoms with Crippen LogP contribution in [0.5, 0.6) is 23.0 Å². The lowest BCUT2D eigenvalue weighted by Crippen LogP contribution is -2.33. The van der Waals surface area contributed by atoms with Crippen molar-refractivity contribution in [2.75, 3.05) is 33.2 Å². The Morgan fingerprint density at radius 2 is 1.53 bits per heavy atom. The first-order valence-electron chi connectivity index (χ1n) is 11.7. The van der Waals surface area contributed by atoms with Crippen LogP contribution in [0.4, 0.5) is 5.69 Å². The van der Waals surface area contributed by atoms with Crippen LogP contribution < -0.4 is 29.6 Å². The Bertz CT molecular complexity index is 1160. The van der Waals surface area contributed by atoms with Crippen molar-refractivity contribution in [2.45, 2.75) is 25.9 Å². The van der Waals surface area contributed by atoms with Gasteiger partial charge < -0.3 is 29.6 Å². The number of methoxy groups -OCH3 is 3. The molecule has 8 heteroatoms. The topological polar surface area (TPSA) is 95.1 Å². The van der Waals surface area contributed by atoms with E-state index < -0.39 is 6.10 Å². The van der Waals surface area contributed by atoms with Gasteiger partial charge in [-0.2, -0.15) is 0 Å². The zero-order valence-corrected chi connectivity index (χ0v) is 21.0. The molecule has 3 aromatic carbocycles. The quantitative estimate of drug-likeness (QED) is 0.387. The van der Waals surface area contributed by atoms with Crippen LogP contribution in [0.1, 0.15) is 29.3 Å². The lowest BCUT2D eigenvalue weighted by Gasteiger charge is -2.18. The van der Waals surface area contributed by atoms with Gasteiger partial charge in [-0.1, -0.05) is 25.1 Å². The van der Waals surface area contributed by atoms with Crippen LogP contribution in [0.25, 0.3) is 0 Å². The van der Waals surface area contributed by atoms with Gasteiger partial charge in [0.15, 0.2) is 17.6 Å². The van der Waals surface area contributed by atoms with Crippen molar-refractivity contribution < 1.29 is 28.5 Å². The van der Waals surface area contributed by atoms with E-state index in [2.05, 4.69) is 10.6 Å². The fourth-order valence-corrected chi connectivity index (χ4v) is 3.60. The first kappa shape index (κ1) is 26.4. The molecule has 0 aliphatic carbocycles. The fourth-order valence-electron chi connectivity index (χ4n) is 3.60. The van der Waals surface area contributed by atoms with Gasteiger partial charge in [0, 0.05) is 6.54 Å². The third-order valence-electron chi connectivity index (χ3n) is 5.58. The standard InChI is InChI=1S/C28H32N2O6/c1-5-24(36-21-13-11-20(33-2)12-14-21)28(32)30-23-9-7-6-8-22(23)27(31)29-17-16-19-10-15-25(34-3)26(18-19)35-4/h6-15,18,24H,5,16-17H2,1-4H3,(H,29,31)(H,30,32)/t24-/m1/s1. The van der Waals surface area contributed by atoms with Crippen molar-refractivity contribution >= 4 is 17.5 Å². The van der Waals surface area contributed by atoms with Gasteiger partial charge >= 0.3 is 0 Å². The highest BCUT2D eigenvalue weighted by Crippen LogP contribution is 2.27. The van der Waals surface area contributed by atoms with Gasteiger partial charge in [0.25, 0.3) is 11.8 Å². The summed E-state index contributed by atoms with van der Waals surface area (Å²) in [5, 5.41) is 5.76. The lowest BCUT2D eigenvalue weighted by molar-refractivity contribution is -0.122. The number of ether oxygens (including phenoxy) is 4. The molecule has 0 fully saturated rings. The van der Waals surface area contributed by atoms with Gasteiger partial charge in [-0.3, -0.25) is 9.59 Å². The molecule has 36 heavy (non-hydrogen) atoms. The summed E-state index contributed by atoms with van der Waals surface area (Å²) in [5.41, 5.74) is 1.79. The van der Waals surface area contributed by atoms with Crippen molar-refractivity contribution in [1.82, 2.24) is 5.32 Å². The highest BCUT2D eigenvalue weighted by molar-refractivity contribution is 6.04. The average molecular weight is 493 g/mol. The van der Waals surface area contributed by atoms with Crippen molar-refractivity contribution in [3.05, 3.63) is 77.9 Å². The largest absolute Gasteiger partial charge is 0.497 e. The summed E-state index contributed by atoms with van der Waals surface area (Å²) in [6.45, 7) is 2.27. The summed E-state index contributed by atoms with van der Waals surface area (Å²) >= 11 is 0. The average Bonchev–Trinajstić information content (AvgIpc) is 2.92. The Balaban J connectivity index is 1.61. The second kappa shape index (κ2) is 13.0. The molecule has 3 rings (SSSR count). The van der Waals surface area contributed by atoms with Crippen LogP contribution in [-0.2, 0) is 11.2 Å². The summed E-state index contributed by atoms with van der Waals surface area (Å²) in [6.07, 6.45) is 0.339. The fraction of sp³-hybridized carbons (Fsp3) is 0.286. The summed E-state index contributed by atoms with van der Waals surface area (Å²) in [7, 11) is 4.75. The molecule has 0 aliphatic rings. The summed E-state index contributed by atoms with van der Waals surface area (Å²) < 4.78 is 21.6. The number of amides is 2. The molecule has 2 amide bonds. The Kier molecular flexibility index (Phi) is 9.56. The zero-order chi connectivity index (χ0) is 25.9. The molecule has 0 radical (unpaired) electrons. The first-order chi connectivity index (χ1) is 17.5. The number of benzene rings is 3. The van der Waals surface area contributed by atoms with Gasteiger partial charge in [0.05, 0.1) is 32.6 Å². The predicted molar refractivity (Wildman–Crippen MR) is 138 cm³/mol. The predicted octanol–water partition coefficient (Wildman–Crippen LogP) is 4.48. The van der Waals surface area contributed by atoms with Gasteiger partial charge in [-0.05, 0) is 66.9 Å². The van der Waals surface area contributed by atoms with E-state index in [1.165, 1.54) is 0 Å². The molecule has 0 bridgehead atoms. The number of carbonyl (C=O) groups is 2. The summed E-state index contributed by atoms with van der Waals surface area (Å²) in [5.74, 6) is 1.92. The molecule has 8 nitrogen and oxygen atoms in total. The van der Waals surface area contributed by atoms with E-state index in [0.717, 1.165) is 5.56 Å². The molecule has 0 aromatic heterocycles. The Morgan fingerprint density at radius 1 is 0.833 bits per heavy atom. The molecular formula is C28H32N2O6. The Hall–Kier alpha value is -4.20. The number of nitrogens with one attached hydrogen (secondary N) is 2. The van der Waals surface area contributed by atoms with E-state index >= 15 is 0 Å². The number of hydrogen-bond donors (Lipinski definition) is 2. The van der Waals surface area contributed by atoms with E-state index in [-0.39, 0.29) is 11.8 Å². The minimum atomic E-state index is -0.723. The summed E-state index contributed by atoms with van der Waals surface area (Å²) in [6, 6.07) is 19.5. The smallest absolute Gasteiger partial charge is 0.265 e. The second-order valence-corrected chi connectivity index (χ2v) is 7.92. The van der Waals surface area contributed by atoms with Gasteiger partial charge in [-0.25, -0.2) is 0 Å². The highest BCUT2D eigenvalue weighted by atomic mass is 16.5. The van der Waals surface area contributed by atoms with Crippen LogP contribution in [0, 0.1) is 0 Å². The molecule has 0 heterocycles. The van der Waals surface area contributed by atoms with Crippen molar-refractivity contribution in [2.24, 2.45) is 0 Å². The molecule has 0 saturated carbocycles. The molecule has 3 aromatic rings. The number of rotatable bonds is 12. The highest BCUT2D eigenvalue weighted by Gasteiger charge is 2.21. The lowest BCUT2D eigenvalue weighted by atomic mass is 10.1. The number of para-hydroxylation sites is 1. The Labute approximate surface area is 211 Å². The van der Waals surface area contributed by atoms with E-state index in [1.807, 2.05) is 25.1 Å². The van der Waals surface area contributed by atoms with E-state index in [1.54, 1.807) is 69.9 Å². The van der Waals surface area contributed by atoms with Crippen LogP contribution in [0.3, 0.4) is 0 Å². The zero-order valence-electron chi connectivity index (χ0n) is 21.0. The van der Waals surface area contributed by atoms with Gasteiger partial charge in [-0.15, -0.1) is 0 Å². The number of carbonyl (C=O) groups excluding carboxylic acids is 2. The molecule has 0 spiro atoms. The Morgan fingerprint density at radius 3 is 2.19 bits per heavy atom. The molecular weight excluding hydrogens is 460 g/mol. The number of anilines is 1. The summed E-state index contributed by atoms with van der Waals surface area (Å²) in [4.78, 5) is 25.8.